The average Bonchev–Trinajstić information content (AvgIpc) is 2.38. The van der Waals surface area contributed by atoms with Crippen LogP contribution in [0.1, 0.15) is 11.1 Å². The van der Waals surface area contributed by atoms with E-state index in [1.54, 1.807) is 13.0 Å². The summed E-state index contributed by atoms with van der Waals surface area (Å²) in [6.45, 7) is 2.07. The van der Waals surface area contributed by atoms with E-state index in [4.69, 9.17) is 28.5 Å². The molecule has 104 valence electrons. The molecule has 0 bridgehead atoms. The smallest absolute Gasteiger partial charge is 0.207 e. The summed E-state index contributed by atoms with van der Waals surface area (Å²) in [5.41, 5.74) is 0.964. The minimum atomic E-state index is -3.63. The number of halogens is 2. The number of sulfonamides is 1. The quantitative estimate of drug-likeness (QED) is 0.756. The summed E-state index contributed by atoms with van der Waals surface area (Å²) in [6, 6.07) is 6.45. The van der Waals surface area contributed by atoms with Gasteiger partial charge < -0.3 is 0 Å². The Balaban J connectivity index is 3.22. The Morgan fingerprint density at radius 2 is 1.84 bits per heavy atom. The number of hydrogen-bond donors (Lipinski definition) is 0. The van der Waals surface area contributed by atoms with Crippen LogP contribution in [0.25, 0.3) is 0 Å². The first-order valence-electron chi connectivity index (χ1n) is 5.60. The van der Waals surface area contributed by atoms with E-state index in [0.29, 0.717) is 11.1 Å². The van der Waals surface area contributed by atoms with Gasteiger partial charge in [-0.05, 0) is 30.7 Å². The Kier molecular flexibility index (Phi) is 6.08. The van der Waals surface area contributed by atoms with Gasteiger partial charge in [0.05, 0.1) is 16.5 Å². The number of aryl methyl sites for hydroxylation is 1. The highest BCUT2D eigenvalue weighted by atomic mass is 35.5. The van der Waals surface area contributed by atoms with Crippen LogP contribution in [0.2, 0.25) is 0 Å². The molecular weight excluding hydrogens is 307 g/mol. The second-order valence-corrected chi connectivity index (χ2v) is 6.54. The number of alkyl halides is 2. The van der Waals surface area contributed by atoms with Crippen molar-refractivity contribution in [2.45, 2.75) is 11.8 Å². The summed E-state index contributed by atoms with van der Waals surface area (Å²) in [4.78, 5) is 0.182. The van der Waals surface area contributed by atoms with E-state index < -0.39 is 10.0 Å². The molecule has 4 nitrogen and oxygen atoms in total. The predicted octanol–water partition coefficient (Wildman–Crippen LogP) is 2.33. The van der Waals surface area contributed by atoms with Crippen molar-refractivity contribution < 1.29 is 8.42 Å². The zero-order valence-electron chi connectivity index (χ0n) is 10.4. The molecule has 0 aliphatic carbocycles. The van der Waals surface area contributed by atoms with E-state index in [2.05, 4.69) is 0 Å². The van der Waals surface area contributed by atoms with Gasteiger partial charge in [-0.1, -0.05) is 0 Å². The lowest BCUT2D eigenvalue weighted by molar-refractivity contribution is 0.448. The number of nitrogens with zero attached hydrogens (tertiary/aromatic N) is 2. The maximum absolute atomic E-state index is 12.5. The molecule has 0 aliphatic rings. The molecule has 0 amide bonds. The van der Waals surface area contributed by atoms with Crippen molar-refractivity contribution in [2.24, 2.45) is 0 Å². The normalized spacial score (nSPS) is 11.5. The van der Waals surface area contributed by atoms with Crippen molar-refractivity contribution >= 4 is 33.2 Å². The molecular formula is C12H14Cl2N2O2S. The molecule has 0 N–H and O–H groups in total. The third-order valence-corrected chi connectivity index (χ3v) is 4.99. The fourth-order valence-electron chi connectivity index (χ4n) is 1.69. The molecule has 0 saturated heterocycles. The van der Waals surface area contributed by atoms with E-state index in [-0.39, 0.29) is 29.7 Å². The van der Waals surface area contributed by atoms with Crippen molar-refractivity contribution in [3.05, 3.63) is 29.3 Å². The van der Waals surface area contributed by atoms with Crippen molar-refractivity contribution in [3.8, 4) is 6.07 Å². The highest BCUT2D eigenvalue weighted by Gasteiger charge is 2.25. The molecule has 7 heteroatoms. The van der Waals surface area contributed by atoms with Crippen LogP contribution < -0.4 is 0 Å². The van der Waals surface area contributed by atoms with Crippen molar-refractivity contribution in [2.75, 3.05) is 24.8 Å². The molecule has 1 aromatic rings. The molecule has 0 aromatic heterocycles. The molecule has 19 heavy (non-hydrogen) atoms. The van der Waals surface area contributed by atoms with Crippen LogP contribution in [0.15, 0.2) is 23.1 Å². The zero-order chi connectivity index (χ0) is 14.5. The van der Waals surface area contributed by atoms with Crippen molar-refractivity contribution in [1.82, 2.24) is 4.31 Å². The Hall–Kier alpha value is -0.800. The molecule has 1 aromatic carbocycles. The molecule has 0 heterocycles. The topological polar surface area (TPSA) is 61.2 Å². The fraction of sp³-hybridized carbons (Fsp3) is 0.417. The molecule has 0 radical (unpaired) electrons. The van der Waals surface area contributed by atoms with Crippen LogP contribution in [-0.4, -0.2) is 37.6 Å². The van der Waals surface area contributed by atoms with Crippen molar-refractivity contribution in [3.63, 3.8) is 0 Å². The Morgan fingerprint density at radius 1 is 1.26 bits per heavy atom. The lowest BCUT2D eigenvalue weighted by Gasteiger charge is -2.21. The first kappa shape index (κ1) is 16.3. The maximum atomic E-state index is 12.5. The molecule has 0 spiro atoms. The van der Waals surface area contributed by atoms with Gasteiger partial charge in [-0.3, -0.25) is 0 Å². The molecule has 0 aliphatic heterocycles. The summed E-state index contributed by atoms with van der Waals surface area (Å²) >= 11 is 11.2. The lowest BCUT2D eigenvalue weighted by Crippen LogP contribution is -2.34. The van der Waals surface area contributed by atoms with Gasteiger partial charge in [-0.2, -0.15) is 9.57 Å². The second-order valence-electron chi connectivity index (χ2n) is 3.87. The standard InChI is InChI=1S/C12H14Cl2N2O2S/c1-10-8-11(9-15)2-3-12(10)19(17,18)16(6-4-13)7-5-14/h2-3,8H,4-7H2,1H3. The van der Waals surface area contributed by atoms with Gasteiger partial charge >= 0.3 is 0 Å². The van der Waals surface area contributed by atoms with Gasteiger partial charge in [-0.25, -0.2) is 8.42 Å². The van der Waals surface area contributed by atoms with Crippen LogP contribution >= 0.6 is 23.2 Å². The summed E-state index contributed by atoms with van der Waals surface area (Å²) in [5.74, 6) is 0.400. The summed E-state index contributed by atoms with van der Waals surface area (Å²) in [6.07, 6.45) is 0. The van der Waals surface area contributed by atoms with E-state index in [1.807, 2.05) is 6.07 Å². The Labute approximate surface area is 123 Å². The maximum Gasteiger partial charge on any atom is 0.243 e. The minimum absolute atomic E-state index is 0.182. The highest BCUT2D eigenvalue weighted by molar-refractivity contribution is 7.89. The van der Waals surface area contributed by atoms with E-state index in [0.717, 1.165) is 0 Å². The minimum Gasteiger partial charge on any atom is -0.207 e. The second kappa shape index (κ2) is 7.11. The largest absolute Gasteiger partial charge is 0.243 e. The van der Waals surface area contributed by atoms with Crippen LogP contribution in [0.4, 0.5) is 0 Å². The van der Waals surface area contributed by atoms with Gasteiger partial charge in [0.25, 0.3) is 0 Å². The Bertz CT molecular complexity index is 576. The fourth-order valence-corrected chi connectivity index (χ4v) is 3.94. The molecule has 1 rings (SSSR count). The average molecular weight is 321 g/mol. The summed E-state index contributed by atoms with van der Waals surface area (Å²) in [7, 11) is -3.63. The summed E-state index contributed by atoms with van der Waals surface area (Å²) in [5, 5.41) is 8.79. The van der Waals surface area contributed by atoms with Crippen LogP contribution in [0.5, 0.6) is 0 Å². The number of nitriles is 1. The number of hydrogen-bond acceptors (Lipinski definition) is 3. The van der Waals surface area contributed by atoms with Gasteiger partial charge in [-0.15, -0.1) is 23.2 Å². The third-order valence-electron chi connectivity index (χ3n) is 2.59. The lowest BCUT2D eigenvalue weighted by atomic mass is 10.2. The van der Waals surface area contributed by atoms with Gasteiger partial charge in [0.15, 0.2) is 0 Å². The van der Waals surface area contributed by atoms with E-state index >= 15 is 0 Å². The third kappa shape index (κ3) is 3.83. The predicted molar refractivity (Wildman–Crippen MR) is 76.1 cm³/mol. The molecule has 0 fully saturated rings. The molecule has 0 atom stereocenters. The SMILES string of the molecule is Cc1cc(C#N)ccc1S(=O)(=O)N(CCCl)CCCl. The van der Waals surface area contributed by atoms with Crippen LogP contribution in [0, 0.1) is 18.3 Å². The monoisotopic (exact) mass is 320 g/mol. The summed E-state index contributed by atoms with van der Waals surface area (Å²) < 4.78 is 26.2. The van der Waals surface area contributed by atoms with Gasteiger partial charge in [0.2, 0.25) is 10.0 Å². The van der Waals surface area contributed by atoms with E-state index in [1.165, 1.54) is 16.4 Å². The van der Waals surface area contributed by atoms with Crippen LogP contribution in [-0.2, 0) is 10.0 Å². The number of benzene rings is 1. The van der Waals surface area contributed by atoms with Crippen molar-refractivity contribution in [1.29, 1.82) is 5.26 Å². The van der Waals surface area contributed by atoms with Gasteiger partial charge in [0.1, 0.15) is 0 Å². The zero-order valence-corrected chi connectivity index (χ0v) is 12.8. The van der Waals surface area contributed by atoms with Gasteiger partial charge in [0, 0.05) is 24.8 Å². The first-order chi connectivity index (χ1) is 8.97. The van der Waals surface area contributed by atoms with E-state index in [9.17, 15) is 8.42 Å². The first-order valence-corrected chi connectivity index (χ1v) is 8.11. The highest BCUT2D eigenvalue weighted by Crippen LogP contribution is 2.21. The van der Waals surface area contributed by atoms with Crippen LogP contribution in [0.3, 0.4) is 0 Å². The molecule has 0 saturated carbocycles. The number of rotatable bonds is 6. The Morgan fingerprint density at radius 3 is 2.26 bits per heavy atom. The molecule has 0 unspecified atom stereocenters.